The van der Waals surface area contributed by atoms with Gasteiger partial charge in [0.1, 0.15) is 0 Å². The smallest absolute Gasteiger partial charge is 0.0351 e. The molecule has 0 amide bonds. The molecular formula is C16H25BrN2. The van der Waals surface area contributed by atoms with E-state index in [1.54, 1.807) is 0 Å². The van der Waals surface area contributed by atoms with E-state index < -0.39 is 0 Å². The standard InChI is InChI=1S/C16H25BrN2/c1-13-6-8-16(9-7-13)19(2)11-10-18-15-5-3-4-14(17)12-15/h3-5,12-13,16,18H,6-11H2,1-2H3. The molecule has 2 rings (SSSR count). The van der Waals surface area contributed by atoms with E-state index in [-0.39, 0.29) is 0 Å². The van der Waals surface area contributed by atoms with Crippen LogP contribution in [-0.2, 0) is 0 Å². The normalized spacial score (nSPS) is 23.6. The molecule has 2 nitrogen and oxygen atoms in total. The quantitative estimate of drug-likeness (QED) is 0.865. The maximum atomic E-state index is 3.50. The molecule has 1 aliphatic rings. The van der Waals surface area contributed by atoms with E-state index in [1.165, 1.54) is 31.4 Å². The van der Waals surface area contributed by atoms with Crippen molar-refractivity contribution >= 4 is 21.6 Å². The highest BCUT2D eigenvalue weighted by molar-refractivity contribution is 9.10. The molecule has 106 valence electrons. The molecule has 0 heterocycles. The molecule has 1 aromatic carbocycles. The fourth-order valence-electron chi connectivity index (χ4n) is 2.84. The zero-order valence-corrected chi connectivity index (χ0v) is 13.6. The predicted molar refractivity (Wildman–Crippen MR) is 86.7 cm³/mol. The third-order valence-electron chi connectivity index (χ3n) is 4.23. The second-order valence-corrected chi connectivity index (χ2v) is 6.75. The van der Waals surface area contributed by atoms with Crippen molar-refractivity contribution in [3.05, 3.63) is 28.7 Å². The summed E-state index contributed by atoms with van der Waals surface area (Å²) in [6.45, 7) is 4.51. The Morgan fingerprint density at radius 3 is 2.68 bits per heavy atom. The fourth-order valence-corrected chi connectivity index (χ4v) is 3.24. The topological polar surface area (TPSA) is 15.3 Å². The number of benzene rings is 1. The molecule has 0 unspecified atom stereocenters. The lowest BCUT2D eigenvalue weighted by molar-refractivity contribution is 0.175. The van der Waals surface area contributed by atoms with Crippen LogP contribution < -0.4 is 5.32 Å². The molecule has 1 saturated carbocycles. The van der Waals surface area contributed by atoms with Crippen LogP contribution in [0.3, 0.4) is 0 Å². The average Bonchev–Trinajstić information content (AvgIpc) is 2.39. The average molecular weight is 325 g/mol. The highest BCUT2D eigenvalue weighted by Gasteiger charge is 2.21. The number of likely N-dealkylation sites (N-methyl/N-ethyl adjacent to an activating group) is 1. The molecule has 1 fully saturated rings. The molecule has 0 atom stereocenters. The van der Waals surface area contributed by atoms with Crippen molar-refractivity contribution in [1.29, 1.82) is 0 Å². The Labute approximate surface area is 125 Å². The zero-order valence-electron chi connectivity index (χ0n) is 12.0. The van der Waals surface area contributed by atoms with Gasteiger partial charge in [-0.1, -0.05) is 28.9 Å². The Morgan fingerprint density at radius 1 is 1.26 bits per heavy atom. The summed E-state index contributed by atoms with van der Waals surface area (Å²) in [6, 6.07) is 9.16. The summed E-state index contributed by atoms with van der Waals surface area (Å²) in [5, 5.41) is 3.49. The first kappa shape index (κ1) is 14.9. The number of nitrogens with zero attached hydrogens (tertiary/aromatic N) is 1. The molecule has 19 heavy (non-hydrogen) atoms. The molecule has 3 heteroatoms. The molecule has 0 aromatic heterocycles. The van der Waals surface area contributed by atoms with Crippen LogP contribution in [0.4, 0.5) is 5.69 Å². The van der Waals surface area contributed by atoms with Crippen molar-refractivity contribution in [3.63, 3.8) is 0 Å². The minimum atomic E-state index is 0.792. The van der Waals surface area contributed by atoms with Crippen LogP contribution in [0.2, 0.25) is 0 Å². The third-order valence-corrected chi connectivity index (χ3v) is 4.72. The maximum absolute atomic E-state index is 3.50. The van der Waals surface area contributed by atoms with Crippen molar-refractivity contribution in [2.45, 2.75) is 38.6 Å². The summed E-state index contributed by atoms with van der Waals surface area (Å²) in [5.41, 5.74) is 1.19. The highest BCUT2D eigenvalue weighted by Crippen LogP contribution is 2.26. The first-order chi connectivity index (χ1) is 9.15. The SMILES string of the molecule is CC1CCC(N(C)CCNc2cccc(Br)c2)CC1. The lowest BCUT2D eigenvalue weighted by Crippen LogP contribution is -2.37. The van der Waals surface area contributed by atoms with E-state index in [0.717, 1.165) is 29.5 Å². The summed E-state index contributed by atoms with van der Waals surface area (Å²) >= 11 is 3.50. The van der Waals surface area contributed by atoms with E-state index in [9.17, 15) is 0 Å². The lowest BCUT2D eigenvalue weighted by Gasteiger charge is -2.33. The van der Waals surface area contributed by atoms with Crippen molar-refractivity contribution < 1.29 is 0 Å². The van der Waals surface area contributed by atoms with Gasteiger partial charge in [-0.05, 0) is 56.8 Å². The minimum Gasteiger partial charge on any atom is -0.384 e. The van der Waals surface area contributed by atoms with Crippen LogP contribution in [0.15, 0.2) is 28.7 Å². The Morgan fingerprint density at radius 2 is 2.00 bits per heavy atom. The lowest BCUT2D eigenvalue weighted by atomic mass is 9.87. The van der Waals surface area contributed by atoms with Gasteiger partial charge < -0.3 is 10.2 Å². The van der Waals surface area contributed by atoms with Gasteiger partial charge in [0, 0.05) is 29.3 Å². The van der Waals surface area contributed by atoms with E-state index in [4.69, 9.17) is 0 Å². The number of nitrogens with one attached hydrogen (secondary N) is 1. The van der Waals surface area contributed by atoms with Crippen LogP contribution in [0.5, 0.6) is 0 Å². The monoisotopic (exact) mass is 324 g/mol. The molecule has 1 N–H and O–H groups in total. The van der Waals surface area contributed by atoms with Crippen LogP contribution in [0.25, 0.3) is 0 Å². The predicted octanol–water partition coefficient (Wildman–Crippen LogP) is 4.37. The number of anilines is 1. The maximum Gasteiger partial charge on any atom is 0.0351 e. The zero-order chi connectivity index (χ0) is 13.7. The van der Waals surface area contributed by atoms with Crippen LogP contribution in [-0.4, -0.2) is 31.1 Å². The summed E-state index contributed by atoms with van der Waals surface area (Å²) in [5.74, 6) is 0.935. The number of hydrogen-bond acceptors (Lipinski definition) is 2. The Bertz CT molecular complexity index is 386. The molecule has 1 aromatic rings. The molecular weight excluding hydrogens is 300 g/mol. The molecule has 0 radical (unpaired) electrons. The Hall–Kier alpha value is -0.540. The molecule has 0 bridgehead atoms. The van der Waals surface area contributed by atoms with Crippen molar-refractivity contribution in [1.82, 2.24) is 4.90 Å². The van der Waals surface area contributed by atoms with Gasteiger partial charge in [0.15, 0.2) is 0 Å². The second-order valence-electron chi connectivity index (χ2n) is 5.83. The largest absolute Gasteiger partial charge is 0.384 e. The summed E-state index contributed by atoms with van der Waals surface area (Å²) in [4.78, 5) is 2.52. The van der Waals surface area contributed by atoms with Crippen molar-refractivity contribution in [2.24, 2.45) is 5.92 Å². The first-order valence-electron chi connectivity index (χ1n) is 7.35. The Balaban J connectivity index is 1.70. The molecule has 1 aliphatic carbocycles. The van der Waals surface area contributed by atoms with Gasteiger partial charge in [-0.25, -0.2) is 0 Å². The van der Waals surface area contributed by atoms with Gasteiger partial charge in [-0.2, -0.15) is 0 Å². The second kappa shape index (κ2) is 7.30. The van der Waals surface area contributed by atoms with Crippen molar-refractivity contribution in [2.75, 3.05) is 25.5 Å². The molecule has 0 saturated heterocycles. The summed E-state index contributed by atoms with van der Waals surface area (Å²) < 4.78 is 1.13. The Kier molecular flexibility index (Phi) is 5.71. The van der Waals surface area contributed by atoms with Gasteiger partial charge in [0.2, 0.25) is 0 Å². The van der Waals surface area contributed by atoms with E-state index in [2.05, 4.69) is 64.4 Å². The van der Waals surface area contributed by atoms with Gasteiger partial charge in [0.25, 0.3) is 0 Å². The van der Waals surface area contributed by atoms with E-state index in [0.29, 0.717) is 0 Å². The van der Waals surface area contributed by atoms with Gasteiger partial charge in [-0.15, -0.1) is 0 Å². The number of halogens is 1. The van der Waals surface area contributed by atoms with Gasteiger partial charge >= 0.3 is 0 Å². The van der Waals surface area contributed by atoms with Crippen molar-refractivity contribution in [3.8, 4) is 0 Å². The molecule has 0 spiro atoms. The minimum absolute atomic E-state index is 0.792. The van der Waals surface area contributed by atoms with Gasteiger partial charge in [-0.3, -0.25) is 0 Å². The van der Waals surface area contributed by atoms with Crippen LogP contribution in [0.1, 0.15) is 32.6 Å². The van der Waals surface area contributed by atoms with Gasteiger partial charge in [0.05, 0.1) is 0 Å². The molecule has 0 aliphatic heterocycles. The van der Waals surface area contributed by atoms with Crippen LogP contribution >= 0.6 is 15.9 Å². The van der Waals surface area contributed by atoms with E-state index >= 15 is 0 Å². The summed E-state index contributed by atoms with van der Waals surface area (Å²) in [6.07, 6.45) is 5.53. The number of rotatable bonds is 5. The highest BCUT2D eigenvalue weighted by atomic mass is 79.9. The first-order valence-corrected chi connectivity index (χ1v) is 8.14. The third kappa shape index (κ3) is 4.81. The number of hydrogen-bond donors (Lipinski definition) is 1. The summed E-state index contributed by atoms with van der Waals surface area (Å²) in [7, 11) is 2.27. The van der Waals surface area contributed by atoms with Crippen LogP contribution in [0, 0.1) is 5.92 Å². The fraction of sp³-hybridized carbons (Fsp3) is 0.625. The van der Waals surface area contributed by atoms with E-state index in [1.807, 2.05) is 0 Å².